The molecular formula is C16H23N3O. The first-order valence-electron chi connectivity index (χ1n) is 7.69. The molecule has 1 aliphatic carbocycles. The van der Waals surface area contributed by atoms with Crippen LogP contribution >= 0.6 is 0 Å². The molecule has 4 heteroatoms. The minimum atomic E-state index is -0.185. The summed E-state index contributed by atoms with van der Waals surface area (Å²) in [6, 6.07) is 6.89. The van der Waals surface area contributed by atoms with Crippen LogP contribution in [0.4, 0.5) is 11.4 Å². The number of fused-ring (bicyclic) bond motifs is 1. The van der Waals surface area contributed by atoms with E-state index in [2.05, 4.69) is 47.6 Å². The number of nitrogens with one attached hydrogen (secondary N) is 2. The average molecular weight is 273 g/mol. The van der Waals surface area contributed by atoms with Crippen LogP contribution < -0.4 is 15.5 Å². The Hall–Kier alpha value is -1.55. The Kier molecular flexibility index (Phi) is 3.66. The Bertz CT molecular complexity index is 510. The molecule has 1 saturated carbocycles. The second-order valence-corrected chi connectivity index (χ2v) is 5.67. The summed E-state index contributed by atoms with van der Waals surface area (Å²) in [5.41, 5.74) is 3.28. The van der Waals surface area contributed by atoms with Crippen molar-refractivity contribution in [2.45, 2.75) is 45.2 Å². The van der Waals surface area contributed by atoms with E-state index < -0.39 is 0 Å². The van der Waals surface area contributed by atoms with Gasteiger partial charge >= 0.3 is 0 Å². The second-order valence-electron chi connectivity index (χ2n) is 5.67. The molecule has 1 fully saturated rings. The molecule has 0 bridgehead atoms. The lowest BCUT2D eigenvalue weighted by Crippen LogP contribution is -2.28. The van der Waals surface area contributed by atoms with Gasteiger partial charge in [-0.15, -0.1) is 0 Å². The topological polar surface area (TPSA) is 44.4 Å². The normalized spacial score (nSPS) is 20.7. The maximum absolute atomic E-state index is 12.0. The fourth-order valence-corrected chi connectivity index (χ4v) is 2.96. The standard InChI is InChI=1S/C16H23N3O/c1-3-9-17-15-13-8-7-12(10-14(13)18-16(15)20)19(4-2)11-5-6-11/h7-8,10-11,15,17H,3-6,9H2,1-2H3,(H,18,20). The average Bonchev–Trinajstić information content (AvgIpc) is 3.21. The first-order valence-corrected chi connectivity index (χ1v) is 7.69. The summed E-state index contributed by atoms with van der Waals surface area (Å²) in [5.74, 6) is 0.0695. The summed E-state index contributed by atoms with van der Waals surface area (Å²) in [5, 5.41) is 6.32. The third kappa shape index (κ3) is 2.40. The molecule has 1 aliphatic heterocycles. The zero-order valence-corrected chi connectivity index (χ0v) is 12.3. The molecule has 0 saturated heterocycles. The number of amides is 1. The third-order valence-electron chi connectivity index (χ3n) is 4.13. The van der Waals surface area contributed by atoms with Gasteiger partial charge in [0.15, 0.2) is 0 Å². The fourth-order valence-electron chi connectivity index (χ4n) is 2.96. The van der Waals surface area contributed by atoms with Crippen molar-refractivity contribution in [3.05, 3.63) is 23.8 Å². The number of carbonyl (C=O) groups is 1. The Labute approximate surface area is 120 Å². The van der Waals surface area contributed by atoms with Crippen molar-refractivity contribution < 1.29 is 4.79 Å². The van der Waals surface area contributed by atoms with Crippen LogP contribution in [-0.4, -0.2) is 25.0 Å². The van der Waals surface area contributed by atoms with E-state index in [1.807, 2.05) is 0 Å². The highest BCUT2D eigenvalue weighted by molar-refractivity contribution is 6.03. The van der Waals surface area contributed by atoms with E-state index in [4.69, 9.17) is 0 Å². The molecule has 0 aromatic heterocycles. The molecule has 2 aliphatic rings. The van der Waals surface area contributed by atoms with Crippen molar-refractivity contribution in [1.82, 2.24) is 5.32 Å². The minimum absolute atomic E-state index is 0.0695. The van der Waals surface area contributed by atoms with Gasteiger partial charge in [0.1, 0.15) is 6.04 Å². The Balaban J connectivity index is 1.83. The molecule has 1 amide bonds. The maximum Gasteiger partial charge on any atom is 0.246 e. The Morgan fingerprint density at radius 1 is 1.35 bits per heavy atom. The molecule has 1 aromatic rings. The lowest BCUT2D eigenvalue weighted by atomic mass is 10.1. The predicted octanol–water partition coefficient (Wildman–Crippen LogP) is 2.67. The van der Waals surface area contributed by atoms with Gasteiger partial charge in [-0.2, -0.15) is 0 Å². The van der Waals surface area contributed by atoms with Gasteiger partial charge in [0.25, 0.3) is 0 Å². The van der Waals surface area contributed by atoms with E-state index in [1.165, 1.54) is 18.5 Å². The largest absolute Gasteiger partial charge is 0.369 e. The number of hydrogen-bond acceptors (Lipinski definition) is 3. The van der Waals surface area contributed by atoms with E-state index in [0.29, 0.717) is 6.04 Å². The molecule has 1 aromatic carbocycles. The SMILES string of the molecule is CCCNC1C(=O)Nc2cc(N(CC)C3CC3)ccc21. The summed E-state index contributed by atoms with van der Waals surface area (Å²) in [4.78, 5) is 14.5. The number of anilines is 2. The minimum Gasteiger partial charge on any atom is -0.369 e. The summed E-state index contributed by atoms with van der Waals surface area (Å²) in [7, 11) is 0. The van der Waals surface area contributed by atoms with Gasteiger partial charge in [-0.3, -0.25) is 4.79 Å². The molecule has 3 rings (SSSR count). The molecule has 108 valence electrons. The first kappa shape index (κ1) is 13.4. The second kappa shape index (κ2) is 5.44. The molecular weight excluding hydrogens is 250 g/mol. The van der Waals surface area contributed by atoms with E-state index in [9.17, 15) is 4.79 Å². The summed E-state index contributed by atoms with van der Waals surface area (Å²) in [6.07, 6.45) is 3.61. The van der Waals surface area contributed by atoms with Crippen molar-refractivity contribution >= 4 is 17.3 Å². The molecule has 1 atom stereocenters. The molecule has 1 heterocycles. The third-order valence-corrected chi connectivity index (χ3v) is 4.13. The van der Waals surface area contributed by atoms with Gasteiger partial charge in [-0.05, 0) is 44.9 Å². The number of carbonyl (C=O) groups excluding carboxylic acids is 1. The zero-order valence-electron chi connectivity index (χ0n) is 12.3. The van der Waals surface area contributed by atoms with Crippen molar-refractivity contribution in [3.8, 4) is 0 Å². The summed E-state index contributed by atoms with van der Waals surface area (Å²) in [6.45, 7) is 6.19. The summed E-state index contributed by atoms with van der Waals surface area (Å²) < 4.78 is 0. The lowest BCUT2D eigenvalue weighted by Gasteiger charge is -2.23. The lowest BCUT2D eigenvalue weighted by molar-refractivity contribution is -0.117. The van der Waals surface area contributed by atoms with Crippen LogP contribution in [0.3, 0.4) is 0 Å². The Morgan fingerprint density at radius 3 is 2.80 bits per heavy atom. The molecule has 0 spiro atoms. The van der Waals surface area contributed by atoms with Crippen LogP contribution in [0.15, 0.2) is 18.2 Å². The van der Waals surface area contributed by atoms with Crippen LogP contribution in [0.25, 0.3) is 0 Å². The predicted molar refractivity (Wildman–Crippen MR) is 82.1 cm³/mol. The number of rotatable bonds is 6. The maximum atomic E-state index is 12.0. The molecule has 0 radical (unpaired) electrons. The smallest absolute Gasteiger partial charge is 0.246 e. The van der Waals surface area contributed by atoms with Crippen molar-refractivity contribution in [1.29, 1.82) is 0 Å². The van der Waals surface area contributed by atoms with E-state index in [-0.39, 0.29) is 11.9 Å². The van der Waals surface area contributed by atoms with Crippen LogP contribution in [0, 0.1) is 0 Å². The van der Waals surface area contributed by atoms with Crippen molar-refractivity contribution in [3.63, 3.8) is 0 Å². The van der Waals surface area contributed by atoms with E-state index >= 15 is 0 Å². The Morgan fingerprint density at radius 2 is 2.15 bits per heavy atom. The van der Waals surface area contributed by atoms with Gasteiger partial charge in [0.05, 0.1) is 0 Å². The van der Waals surface area contributed by atoms with E-state index in [1.54, 1.807) is 0 Å². The molecule has 20 heavy (non-hydrogen) atoms. The highest BCUT2D eigenvalue weighted by Gasteiger charge is 2.32. The molecule has 4 nitrogen and oxygen atoms in total. The van der Waals surface area contributed by atoms with Crippen LogP contribution in [0.2, 0.25) is 0 Å². The van der Waals surface area contributed by atoms with Gasteiger partial charge in [-0.25, -0.2) is 0 Å². The number of hydrogen-bond donors (Lipinski definition) is 2. The molecule has 2 N–H and O–H groups in total. The molecule has 1 unspecified atom stereocenters. The quantitative estimate of drug-likeness (QED) is 0.837. The highest BCUT2D eigenvalue weighted by atomic mass is 16.2. The van der Waals surface area contributed by atoms with Crippen molar-refractivity contribution in [2.24, 2.45) is 0 Å². The van der Waals surface area contributed by atoms with Gasteiger partial charge in [0, 0.05) is 29.5 Å². The van der Waals surface area contributed by atoms with Crippen LogP contribution in [-0.2, 0) is 4.79 Å². The van der Waals surface area contributed by atoms with Gasteiger partial charge < -0.3 is 15.5 Å². The zero-order chi connectivity index (χ0) is 14.1. The number of benzene rings is 1. The van der Waals surface area contributed by atoms with Gasteiger partial charge in [-0.1, -0.05) is 13.0 Å². The first-order chi connectivity index (χ1) is 9.74. The van der Waals surface area contributed by atoms with Crippen LogP contribution in [0.1, 0.15) is 44.7 Å². The fraction of sp³-hybridized carbons (Fsp3) is 0.562. The monoisotopic (exact) mass is 273 g/mol. The van der Waals surface area contributed by atoms with Crippen LogP contribution in [0.5, 0.6) is 0 Å². The van der Waals surface area contributed by atoms with Gasteiger partial charge in [0.2, 0.25) is 5.91 Å². The van der Waals surface area contributed by atoms with Crippen molar-refractivity contribution in [2.75, 3.05) is 23.3 Å². The summed E-state index contributed by atoms with van der Waals surface area (Å²) >= 11 is 0. The van der Waals surface area contributed by atoms with E-state index in [0.717, 1.165) is 30.8 Å². The highest BCUT2D eigenvalue weighted by Crippen LogP contribution is 2.37. The number of nitrogens with zero attached hydrogens (tertiary/aromatic N) is 1.